The third-order valence-corrected chi connectivity index (χ3v) is 6.70. The Hall–Kier alpha value is -2.07. The van der Waals surface area contributed by atoms with E-state index < -0.39 is 56.9 Å². The number of sulfone groups is 1. The van der Waals surface area contributed by atoms with Gasteiger partial charge >= 0.3 is 0 Å². The van der Waals surface area contributed by atoms with Gasteiger partial charge in [-0.2, -0.15) is 0 Å². The van der Waals surface area contributed by atoms with Gasteiger partial charge in [0.25, 0.3) is 0 Å². The number of benzene rings is 1. The SMILES string of the molecule is CCN(CC(=O)Nc1c(F)cccc1F)C(=O)[C@H](C)S(=O)(=O)C[C@@H]1CCCO1. The summed E-state index contributed by atoms with van der Waals surface area (Å²) in [6.07, 6.45) is 0.965. The molecular weight excluding hydrogens is 394 g/mol. The van der Waals surface area contributed by atoms with Gasteiger partial charge < -0.3 is 15.0 Å². The molecule has 0 radical (unpaired) electrons. The largest absolute Gasteiger partial charge is 0.377 e. The quantitative estimate of drug-likeness (QED) is 0.694. The zero-order valence-corrected chi connectivity index (χ0v) is 16.6. The van der Waals surface area contributed by atoms with E-state index in [2.05, 4.69) is 5.32 Å². The minimum atomic E-state index is -3.77. The molecule has 1 heterocycles. The van der Waals surface area contributed by atoms with Crippen molar-refractivity contribution in [3.63, 3.8) is 0 Å². The van der Waals surface area contributed by atoms with E-state index in [0.29, 0.717) is 13.0 Å². The molecule has 2 atom stereocenters. The van der Waals surface area contributed by atoms with Gasteiger partial charge in [0.2, 0.25) is 11.8 Å². The van der Waals surface area contributed by atoms with Crippen molar-refractivity contribution in [2.24, 2.45) is 0 Å². The molecule has 7 nitrogen and oxygen atoms in total. The van der Waals surface area contributed by atoms with E-state index in [9.17, 15) is 26.8 Å². The Labute approximate surface area is 163 Å². The lowest BCUT2D eigenvalue weighted by molar-refractivity contribution is -0.133. The third kappa shape index (κ3) is 5.48. The summed E-state index contributed by atoms with van der Waals surface area (Å²) in [4.78, 5) is 25.8. The predicted octanol–water partition coefficient (Wildman–Crippen LogP) is 1.73. The first kappa shape index (κ1) is 22.2. The number of rotatable bonds is 8. The van der Waals surface area contributed by atoms with E-state index in [-0.39, 0.29) is 12.3 Å². The molecule has 1 aliphatic rings. The van der Waals surface area contributed by atoms with Crippen LogP contribution in [0, 0.1) is 11.6 Å². The molecule has 10 heteroatoms. The Morgan fingerprint density at radius 1 is 1.32 bits per heavy atom. The molecule has 0 bridgehead atoms. The van der Waals surface area contributed by atoms with Crippen LogP contribution in [0.4, 0.5) is 14.5 Å². The number of amides is 2. The van der Waals surface area contributed by atoms with Gasteiger partial charge in [0.15, 0.2) is 9.84 Å². The third-order valence-electron chi connectivity index (χ3n) is 4.58. The Balaban J connectivity index is 2.02. The number of anilines is 1. The molecule has 1 N–H and O–H groups in total. The van der Waals surface area contributed by atoms with Crippen LogP contribution in [0.1, 0.15) is 26.7 Å². The molecule has 28 heavy (non-hydrogen) atoms. The average molecular weight is 418 g/mol. The van der Waals surface area contributed by atoms with Gasteiger partial charge in [-0.3, -0.25) is 9.59 Å². The van der Waals surface area contributed by atoms with E-state index in [1.54, 1.807) is 6.92 Å². The molecule has 2 rings (SSSR count). The molecule has 1 aliphatic heterocycles. The van der Waals surface area contributed by atoms with Gasteiger partial charge in [-0.05, 0) is 38.8 Å². The fourth-order valence-corrected chi connectivity index (χ4v) is 4.43. The van der Waals surface area contributed by atoms with Crippen molar-refractivity contribution >= 4 is 27.3 Å². The number of ether oxygens (including phenoxy) is 1. The summed E-state index contributed by atoms with van der Waals surface area (Å²) in [5.74, 6) is -3.73. The fourth-order valence-electron chi connectivity index (χ4n) is 2.91. The summed E-state index contributed by atoms with van der Waals surface area (Å²) >= 11 is 0. The number of halogens is 2. The highest BCUT2D eigenvalue weighted by atomic mass is 32.2. The van der Waals surface area contributed by atoms with Gasteiger partial charge in [0.1, 0.15) is 22.6 Å². The summed E-state index contributed by atoms with van der Waals surface area (Å²) in [5, 5.41) is 0.730. The number of nitrogens with zero attached hydrogens (tertiary/aromatic N) is 1. The number of carbonyl (C=O) groups excluding carboxylic acids is 2. The summed E-state index contributed by atoms with van der Waals surface area (Å²) in [6, 6.07) is 3.13. The second-order valence-corrected chi connectivity index (χ2v) is 8.97. The van der Waals surface area contributed by atoms with Crippen molar-refractivity contribution in [1.82, 2.24) is 4.90 Å². The van der Waals surface area contributed by atoms with Crippen LogP contribution in [0.3, 0.4) is 0 Å². The number of hydrogen-bond donors (Lipinski definition) is 1. The Kier molecular flexibility index (Phi) is 7.48. The maximum Gasteiger partial charge on any atom is 0.244 e. The summed E-state index contributed by atoms with van der Waals surface area (Å²) in [5.41, 5.74) is -0.616. The van der Waals surface area contributed by atoms with Crippen LogP contribution in [0.15, 0.2) is 18.2 Å². The molecule has 0 aliphatic carbocycles. The molecule has 0 aromatic heterocycles. The zero-order valence-electron chi connectivity index (χ0n) is 15.8. The zero-order chi connectivity index (χ0) is 20.9. The van der Waals surface area contributed by atoms with E-state index >= 15 is 0 Å². The molecule has 1 aromatic carbocycles. The minimum absolute atomic E-state index is 0.0613. The Bertz CT molecular complexity index is 805. The van der Waals surface area contributed by atoms with Crippen LogP contribution in [0.25, 0.3) is 0 Å². The smallest absolute Gasteiger partial charge is 0.244 e. The highest BCUT2D eigenvalue weighted by Gasteiger charge is 2.35. The van der Waals surface area contributed by atoms with Crippen LogP contribution < -0.4 is 5.32 Å². The van der Waals surface area contributed by atoms with Crippen molar-refractivity contribution in [3.05, 3.63) is 29.8 Å². The molecule has 1 fully saturated rings. The van der Waals surface area contributed by atoms with Crippen LogP contribution in [-0.4, -0.2) is 61.9 Å². The molecule has 1 saturated heterocycles. The Morgan fingerprint density at radius 2 is 1.96 bits per heavy atom. The van der Waals surface area contributed by atoms with Gasteiger partial charge in [-0.15, -0.1) is 0 Å². The highest BCUT2D eigenvalue weighted by Crippen LogP contribution is 2.19. The topological polar surface area (TPSA) is 92.8 Å². The molecule has 1 aromatic rings. The molecular formula is C18H24F2N2O5S. The van der Waals surface area contributed by atoms with E-state index in [1.165, 1.54) is 6.92 Å². The normalized spacial score (nSPS) is 17.9. The van der Waals surface area contributed by atoms with Crippen LogP contribution in [0.2, 0.25) is 0 Å². The summed E-state index contributed by atoms with van der Waals surface area (Å²) in [6.45, 7) is 2.88. The van der Waals surface area contributed by atoms with Crippen molar-refractivity contribution in [3.8, 4) is 0 Å². The van der Waals surface area contributed by atoms with Gasteiger partial charge in [-0.25, -0.2) is 17.2 Å². The number of likely N-dealkylation sites (N-methyl/N-ethyl adjacent to an activating group) is 1. The molecule has 156 valence electrons. The van der Waals surface area contributed by atoms with E-state index in [1.807, 2.05) is 0 Å². The van der Waals surface area contributed by atoms with Crippen LogP contribution >= 0.6 is 0 Å². The maximum atomic E-state index is 13.6. The number of para-hydroxylation sites is 1. The lowest BCUT2D eigenvalue weighted by Crippen LogP contribution is -2.46. The first-order chi connectivity index (χ1) is 13.2. The highest BCUT2D eigenvalue weighted by molar-refractivity contribution is 7.92. The number of hydrogen-bond acceptors (Lipinski definition) is 5. The van der Waals surface area contributed by atoms with Crippen LogP contribution in [0.5, 0.6) is 0 Å². The van der Waals surface area contributed by atoms with Crippen molar-refractivity contribution in [1.29, 1.82) is 0 Å². The molecule has 2 amide bonds. The predicted molar refractivity (Wildman–Crippen MR) is 99.5 cm³/mol. The average Bonchev–Trinajstić information content (AvgIpc) is 3.14. The summed E-state index contributed by atoms with van der Waals surface area (Å²) in [7, 11) is -3.77. The van der Waals surface area contributed by atoms with E-state index in [4.69, 9.17) is 4.74 Å². The van der Waals surface area contributed by atoms with Crippen molar-refractivity contribution in [2.45, 2.75) is 38.0 Å². The maximum absolute atomic E-state index is 13.6. The Morgan fingerprint density at radius 3 is 2.50 bits per heavy atom. The first-order valence-corrected chi connectivity index (χ1v) is 10.7. The molecule has 0 spiro atoms. The second kappa shape index (κ2) is 9.42. The standard InChI is InChI=1S/C18H24F2N2O5S/c1-3-22(10-16(23)21-17-14(19)7-4-8-15(17)20)18(24)12(2)28(25,26)11-13-6-5-9-27-13/h4,7-8,12-13H,3,5-6,9-11H2,1-2H3,(H,21,23)/t12-,13-/m0/s1. The summed E-state index contributed by atoms with van der Waals surface area (Å²) < 4.78 is 57.6. The van der Waals surface area contributed by atoms with Crippen molar-refractivity contribution < 1.29 is 31.5 Å². The lowest BCUT2D eigenvalue weighted by atomic mass is 10.3. The second-order valence-electron chi connectivity index (χ2n) is 6.60. The van der Waals surface area contributed by atoms with Gasteiger partial charge in [0, 0.05) is 13.2 Å². The fraction of sp³-hybridized carbons (Fsp3) is 0.556. The molecule has 0 unspecified atom stereocenters. The lowest BCUT2D eigenvalue weighted by Gasteiger charge is -2.24. The van der Waals surface area contributed by atoms with Gasteiger partial charge in [0.05, 0.1) is 18.4 Å². The van der Waals surface area contributed by atoms with Gasteiger partial charge in [-0.1, -0.05) is 6.07 Å². The van der Waals surface area contributed by atoms with E-state index in [0.717, 1.165) is 29.5 Å². The first-order valence-electron chi connectivity index (χ1n) is 9.01. The minimum Gasteiger partial charge on any atom is -0.377 e. The van der Waals surface area contributed by atoms with Crippen LogP contribution in [-0.2, 0) is 24.2 Å². The van der Waals surface area contributed by atoms with Crippen molar-refractivity contribution in [2.75, 3.05) is 30.8 Å². The monoisotopic (exact) mass is 418 g/mol. The number of carbonyl (C=O) groups is 2. The molecule has 0 saturated carbocycles. The number of nitrogens with one attached hydrogen (secondary N) is 1.